The average Bonchev–Trinajstić information content (AvgIpc) is 2.66. The summed E-state index contributed by atoms with van der Waals surface area (Å²) in [6.07, 6.45) is 24.7. The molecule has 0 spiro atoms. The Hall–Kier alpha value is -0.790. The first-order valence-corrected chi connectivity index (χ1v) is 12.0. The lowest BCUT2D eigenvalue weighted by atomic mass is 10.0. The normalized spacial score (nSPS) is 11.1. The molecule has 0 aliphatic rings. The predicted octanol–water partition coefficient (Wildman–Crippen LogP) is 8.54. The zero-order valence-corrected chi connectivity index (χ0v) is 18.6. The maximum atomic E-state index is 12.2. The van der Waals surface area contributed by atoms with Gasteiger partial charge in [0.05, 0.1) is 0 Å². The Morgan fingerprint density at radius 1 is 0.741 bits per heavy atom. The summed E-state index contributed by atoms with van der Waals surface area (Å²) >= 11 is 0. The molecule has 0 heterocycles. The minimum Gasteiger partial charge on any atom is -0.462 e. The van der Waals surface area contributed by atoms with E-state index in [-0.39, 0.29) is 12.1 Å². The minimum atomic E-state index is 0.0237. The maximum Gasteiger partial charge on any atom is 0.306 e. The van der Waals surface area contributed by atoms with E-state index in [4.69, 9.17) is 4.74 Å². The Morgan fingerprint density at radius 2 is 1.22 bits per heavy atom. The van der Waals surface area contributed by atoms with Crippen LogP contribution in [0.3, 0.4) is 0 Å². The van der Waals surface area contributed by atoms with E-state index in [0.29, 0.717) is 6.42 Å². The lowest BCUT2D eigenvalue weighted by molar-refractivity contribution is -0.150. The molecule has 2 nitrogen and oxygen atoms in total. The molecule has 0 aromatic heterocycles. The van der Waals surface area contributed by atoms with Crippen LogP contribution in [0.25, 0.3) is 0 Å². The molecule has 0 fully saturated rings. The first kappa shape index (κ1) is 26.2. The van der Waals surface area contributed by atoms with Crippen molar-refractivity contribution in [2.75, 3.05) is 0 Å². The second-order valence-electron chi connectivity index (χ2n) is 8.11. The fourth-order valence-corrected chi connectivity index (χ4v) is 3.55. The zero-order chi connectivity index (χ0) is 20.0. The number of unbranched alkanes of at least 4 members (excludes halogenated alkanes) is 13. The van der Waals surface area contributed by atoms with Crippen LogP contribution in [0.4, 0.5) is 0 Å². The van der Waals surface area contributed by atoms with Crippen LogP contribution in [0.2, 0.25) is 0 Å². The summed E-state index contributed by atoms with van der Waals surface area (Å²) < 4.78 is 5.85. The van der Waals surface area contributed by atoms with E-state index < -0.39 is 0 Å². The van der Waals surface area contributed by atoms with Gasteiger partial charge in [0.15, 0.2) is 0 Å². The molecular weight excluding hydrogens is 332 g/mol. The molecular formula is C25H48O2. The summed E-state index contributed by atoms with van der Waals surface area (Å²) in [4.78, 5) is 12.2. The van der Waals surface area contributed by atoms with Crippen molar-refractivity contribution in [3.8, 4) is 0 Å². The van der Waals surface area contributed by atoms with Crippen molar-refractivity contribution in [1.82, 2.24) is 0 Å². The van der Waals surface area contributed by atoms with Crippen LogP contribution in [0.5, 0.6) is 0 Å². The fourth-order valence-electron chi connectivity index (χ4n) is 3.55. The predicted molar refractivity (Wildman–Crippen MR) is 119 cm³/mol. The third-order valence-corrected chi connectivity index (χ3v) is 5.35. The summed E-state index contributed by atoms with van der Waals surface area (Å²) in [5.74, 6) is 0.0237. The molecule has 0 atom stereocenters. The zero-order valence-electron chi connectivity index (χ0n) is 18.6. The Labute approximate surface area is 170 Å². The highest BCUT2D eigenvalue weighted by atomic mass is 16.5. The van der Waals surface area contributed by atoms with E-state index in [9.17, 15) is 4.79 Å². The van der Waals surface area contributed by atoms with Gasteiger partial charge >= 0.3 is 5.97 Å². The van der Waals surface area contributed by atoms with Gasteiger partial charge in [0.2, 0.25) is 0 Å². The molecule has 0 rings (SSSR count). The largest absolute Gasteiger partial charge is 0.462 e. The van der Waals surface area contributed by atoms with Crippen molar-refractivity contribution in [2.24, 2.45) is 0 Å². The molecule has 2 heteroatoms. The Balaban J connectivity index is 4.01. The molecule has 0 amide bonds. The minimum absolute atomic E-state index is 0.0237. The van der Waals surface area contributed by atoms with Gasteiger partial charge in [-0.1, -0.05) is 90.6 Å². The average molecular weight is 381 g/mol. The number of rotatable bonds is 21. The highest BCUT2D eigenvalue weighted by Crippen LogP contribution is 2.18. The second kappa shape index (κ2) is 21.5. The first-order valence-electron chi connectivity index (χ1n) is 12.0. The molecule has 0 radical (unpaired) electrons. The highest BCUT2D eigenvalue weighted by molar-refractivity contribution is 5.69. The van der Waals surface area contributed by atoms with Crippen molar-refractivity contribution in [3.05, 3.63) is 12.7 Å². The third kappa shape index (κ3) is 19.8. The van der Waals surface area contributed by atoms with Gasteiger partial charge < -0.3 is 4.74 Å². The van der Waals surface area contributed by atoms with Crippen LogP contribution in [0.1, 0.15) is 136 Å². The summed E-state index contributed by atoms with van der Waals surface area (Å²) in [5, 5.41) is 0. The summed E-state index contributed by atoms with van der Waals surface area (Å²) in [6, 6.07) is 0. The Kier molecular flexibility index (Phi) is 20.9. The summed E-state index contributed by atoms with van der Waals surface area (Å²) in [6.45, 7) is 8.26. The van der Waals surface area contributed by atoms with Gasteiger partial charge in [-0.3, -0.25) is 4.79 Å². The number of carbonyl (C=O) groups is 1. The van der Waals surface area contributed by atoms with Crippen molar-refractivity contribution in [3.63, 3.8) is 0 Å². The summed E-state index contributed by atoms with van der Waals surface area (Å²) in [5.41, 5.74) is 0. The molecule has 0 N–H and O–H groups in total. The van der Waals surface area contributed by atoms with Gasteiger partial charge in [0.1, 0.15) is 6.10 Å². The molecule has 27 heavy (non-hydrogen) atoms. The SMILES string of the molecule is C=CCCCCCC(=O)OC(CCCCCCCC)CCCCCCCC. The lowest BCUT2D eigenvalue weighted by Crippen LogP contribution is -2.18. The summed E-state index contributed by atoms with van der Waals surface area (Å²) in [7, 11) is 0. The standard InChI is InChI=1S/C25H48O2/c1-4-7-10-13-16-18-21-24(22-19-17-14-11-8-5-2)27-25(26)23-20-15-12-9-6-3/h6,24H,3-5,7-23H2,1-2H3. The van der Waals surface area contributed by atoms with Crippen molar-refractivity contribution in [1.29, 1.82) is 0 Å². The van der Waals surface area contributed by atoms with E-state index in [2.05, 4.69) is 20.4 Å². The van der Waals surface area contributed by atoms with Crippen LogP contribution in [-0.2, 0) is 9.53 Å². The maximum absolute atomic E-state index is 12.2. The Morgan fingerprint density at radius 3 is 1.74 bits per heavy atom. The van der Waals surface area contributed by atoms with Crippen molar-refractivity contribution in [2.45, 2.75) is 142 Å². The molecule has 0 unspecified atom stereocenters. The van der Waals surface area contributed by atoms with Crippen LogP contribution < -0.4 is 0 Å². The number of hydrogen-bond acceptors (Lipinski definition) is 2. The fraction of sp³-hybridized carbons (Fsp3) is 0.880. The van der Waals surface area contributed by atoms with Gasteiger partial charge in [-0.15, -0.1) is 6.58 Å². The molecule has 160 valence electrons. The molecule has 0 aliphatic carbocycles. The molecule has 0 saturated heterocycles. The van der Waals surface area contributed by atoms with Crippen LogP contribution in [0, 0.1) is 0 Å². The van der Waals surface area contributed by atoms with E-state index in [1.165, 1.54) is 77.0 Å². The van der Waals surface area contributed by atoms with Crippen molar-refractivity contribution >= 4 is 5.97 Å². The van der Waals surface area contributed by atoms with Crippen LogP contribution in [-0.4, -0.2) is 12.1 Å². The van der Waals surface area contributed by atoms with Gasteiger partial charge in [0.25, 0.3) is 0 Å². The van der Waals surface area contributed by atoms with Crippen molar-refractivity contribution < 1.29 is 9.53 Å². The Bertz CT molecular complexity index is 308. The second-order valence-corrected chi connectivity index (χ2v) is 8.11. The number of allylic oxidation sites excluding steroid dienone is 1. The van der Waals surface area contributed by atoms with Crippen LogP contribution in [0.15, 0.2) is 12.7 Å². The number of esters is 1. The van der Waals surface area contributed by atoms with Gasteiger partial charge in [-0.05, 0) is 44.9 Å². The monoisotopic (exact) mass is 380 g/mol. The molecule has 0 bridgehead atoms. The van der Waals surface area contributed by atoms with Gasteiger partial charge in [-0.2, -0.15) is 0 Å². The quantitative estimate of drug-likeness (QED) is 0.113. The van der Waals surface area contributed by atoms with E-state index >= 15 is 0 Å². The first-order chi connectivity index (χ1) is 13.2. The lowest BCUT2D eigenvalue weighted by Gasteiger charge is -2.18. The third-order valence-electron chi connectivity index (χ3n) is 5.35. The number of hydrogen-bond donors (Lipinski definition) is 0. The van der Waals surface area contributed by atoms with E-state index in [0.717, 1.165) is 38.5 Å². The smallest absolute Gasteiger partial charge is 0.306 e. The number of carbonyl (C=O) groups excluding carboxylic acids is 1. The molecule has 0 aromatic rings. The molecule has 0 aromatic carbocycles. The molecule has 0 saturated carbocycles. The topological polar surface area (TPSA) is 26.3 Å². The van der Waals surface area contributed by atoms with E-state index in [1.54, 1.807) is 0 Å². The molecule has 0 aliphatic heterocycles. The highest BCUT2D eigenvalue weighted by Gasteiger charge is 2.14. The van der Waals surface area contributed by atoms with Crippen LogP contribution >= 0.6 is 0 Å². The van der Waals surface area contributed by atoms with Gasteiger partial charge in [0, 0.05) is 6.42 Å². The van der Waals surface area contributed by atoms with Gasteiger partial charge in [-0.25, -0.2) is 0 Å². The number of ether oxygens (including phenoxy) is 1. The van der Waals surface area contributed by atoms with E-state index in [1.807, 2.05) is 6.08 Å².